The molecule has 12 heavy (non-hydrogen) atoms. The van der Waals surface area contributed by atoms with E-state index in [1.807, 2.05) is 0 Å². The van der Waals surface area contributed by atoms with E-state index < -0.39 is 0 Å². The minimum atomic E-state index is 0.291. The van der Waals surface area contributed by atoms with E-state index in [4.69, 9.17) is 11.6 Å². The van der Waals surface area contributed by atoms with E-state index in [1.54, 1.807) is 0 Å². The second-order valence-electron chi connectivity index (χ2n) is 5.32. The summed E-state index contributed by atoms with van der Waals surface area (Å²) in [7, 11) is 0. The minimum Gasteiger partial charge on any atom is -0.122 e. The lowest BCUT2D eigenvalue weighted by Crippen LogP contribution is -2.37. The topological polar surface area (TPSA) is 0 Å². The second kappa shape index (κ2) is 2.29. The molecule has 2 aliphatic rings. The zero-order valence-corrected chi connectivity index (χ0v) is 8.86. The standard InChI is InChI=1S/C11H17Cl/c1-10(2,3)11-5-4-8(7-11)6-9(11)12/h4-5,8-9H,6-7H2,1-3H3/t8-,9-,11+/m1/s1. The fourth-order valence-corrected chi connectivity index (χ4v) is 3.49. The van der Waals surface area contributed by atoms with Gasteiger partial charge in [-0.1, -0.05) is 32.9 Å². The average Bonchev–Trinajstić information content (AvgIpc) is 2.41. The van der Waals surface area contributed by atoms with Crippen LogP contribution >= 0.6 is 11.6 Å². The van der Waals surface area contributed by atoms with Crippen molar-refractivity contribution in [3.05, 3.63) is 12.2 Å². The normalized spacial score (nSPS) is 45.7. The number of fused-ring (bicyclic) bond motifs is 2. The summed E-state index contributed by atoms with van der Waals surface area (Å²) >= 11 is 6.40. The Bertz CT molecular complexity index is 224. The lowest BCUT2D eigenvalue weighted by Gasteiger charge is -2.41. The van der Waals surface area contributed by atoms with Gasteiger partial charge in [-0.15, -0.1) is 11.6 Å². The third-order valence-corrected chi connectivity index (χ3v) is 4.30. The van der Waals surface area contributed by atoms with Crippen molar-refractivity contribution in [3.63, 3.8) is 0 Å². The van der Waals surface area contributed by atoms with Gasteiger partial charge < -0.3 is 0 Å². The summed E-state index contributed by atoms with van der Waals surface area (Å²) in [4.78, 5) is 0. The van der Waals surface area contributed by atoms with Crippen molar-refractivity contribution in [3.8, 4) is 0 Å². The Balaban J connectivity index is 2.37. The van der Waals surface area contributed by atoms with Crippen LogP contribution in [0.15, 0.2) is 12.2 Å². The number of hydrogen-bond acceptors (Lipinski definition) is 0. The van der Waals surface area contributed by atoms with Gasteiger partial charge in [0.2, 0.25) is 0 Å². The molecule has 0 heterocycles. The van der Waals surface area contributed by atoms with Crippen LogP contribution in [0.2, 0.25) is 0 Å². The van der Waals surface area contributed by atoms with Crippen LogP contribution in [-0.2, 0) is 0 Å². The highest BCUT2D eigenvalue weighted by Gasteiger charge is 2.54. The molecule has 1 fully saturated rings. The second-order valence-corrected chi connectivity index (χ2v) is 5.84. The van der Waals surface area contributed by atoms with E-state index in [0.717, 1.165) is 5.92 Å². The Morgan fingerprint density at radius 1 is 1.42 bits per heavy atom. The van der Waals surface area contributed by atoms with Crippen molar-refractivity contribution in [1.29, 1.82) is 0 Å². The molecule has 1 saturated carbocycles. The molecular weight excluding hydrogens is 168 g/mol. The van der Waals surface area contributed by atoms with Gasteiger partial charge >= 0.3 is 0 Å². The van der Waals surface area contributed by atoms with Crippen molar-refractivity contribution < 1.29 is 0 Å². The molecule has 0 N–H and O–H groups in total. The van der Waals surface area contributed by atoms with Crippen LogP contribution in [0.1, 0.15) is 33.6 Å². The molecule has 0 nitrogen and oxygen atoms in total. The molecular formula is C11H17Cl. The predicted octanol–water partition coefficient (Wildman–Crippen LogP) is 3.61. The van der Waals surface area contributed by atoms with Gasteiger partial charge in [0.15, 0.2) is 0 Å². The van der Waals surface area contributed by atoms with Crippen LogP contribution in [-0.4, -0.2) is 5.38 Å². The molecule has 2 rings (SSSR count). The average molecular weight is 185 g/mol. The zero-order chi connectivity index (χ0) is 8.98. The van der Waals surface area contributed by atoms with E-state index in [1.165, 1.54) is 12.8 Å². The Hall–Kier alpha value is 0.0300. The predicted molar refractivity (Wildman–Crippen MR) is 53.4 cm³/mol. The molecule has 2 bridgehead atoms. The molecule has 0 aliphatic heterocycles. The molecule has 1 heteroatoms. The molecule has 0 saturated heterocycles. The van der Waals surface area contributed by atoms with Gasteiger partial charge in [-0.05, 0) is 24.2 Å². The molecule has 0 amide bonds. The summed E-state index contributed by atoms with van der Waals surface area (Å²) in [6.07, 6.45) is 7.21. The van der Waals surface area contributed by atoms with Gasteiger partial charge in [0.25, 0.3) is 0 Å². The highest BCUT2D eigenvalue weighted by Crippen LogP contribution is 2.60. The van der Waals surface area contributed by atoms with Gasteiger partial charge in [-0.3, -0.25) is 0 Å². The maximum absolute atomic E-state index is 6.40. The summed E-state index contributed by atoms with van der Waals surface area (Å²) in [5.41, 5.74) is 0.611. The molecule has 0 aromatic heterocycles. The van der Waals surface area contributed by atoms with E-state index >= 15 is 0 Å². The third kappa shape index (κ3) is 0.907. The first kappa shape index (κ1) is 8.62. The Morgan fingerprint density at radius 3 is 2.33 bits per heavy atom. The molecule has 0 aromatic rings. The number of hydrogen-bond donors (Lipinski definition) is 0. The van der Waals surface area contributed by atoms with Gasteiger partial charge in [0.05, 0.1) is 0 Å². The van der Waals surface area contributed by atoms with Crippen LogP contribution < -0.4 is 0 Å². The fourth-order valence-electron chi connectivity index (χ4n) is 2.77. The summed E-state index contributed by atoms with van der Waals surface area (Å²) in [5, 5.41) is 0.368. The fraction of sp³-hybridized carbons (Fsp3) is 0.818. The van der Waals surface area contributed by atoms with Crippen LogP contribution in [0.5, 0.6) is 0 Å². The lowest BCUT2D eigenvalue weighted by atomic mass is 9.66. The van der Waals surface area contributed by atoms with Gasteiger partial charge in [-0.2, -0.15) is 0 Å². The van der Waals surface area contributed by atoms with Crippen molar-refractivity contribution in [2.45, 2.75) is 39.0 Å². The first-order valence-corrected chi connectivity index (χ1v) is 5.23. The molecule has 3 atom stereocenters. The SMILES string of the molecule is CC(C)(C)[C@]12C=C[C@H](C[C@H]1Cl)C2. The Morgan fingerprint density at radius 2 is 2.08 bits per heavy atom. The number of halogens is 1. The number of rotatable bonds is 0. The third-order valence-electron chi connectivity index (χ3n) is 3.73. The molecule has 0 spiro atoms. The zero-order valence-electron chi connectivity index (χ0n) is 8.10. The van der Waals surface area contributed by atoms with Crippen LogP contribution in [0.3, 0.4) is 0 Å². The summed E-state index contributed by atoms with van der Waals surface area (Å²) in [6, 6.07) is 0. The maximum Gasteiger partial charge on any atom is 0.0437 e. The molecule has 2 aliphatic carbocycles. The number of allylic oxidation sites excluding steroid dienone is 2. The lowest BCUT2D eigenvalue weighted by molar-refractivity contribution is 0.161. The van der Waals surface area contributed by atoms with Crippen molar-refractivity contribution in [1.82, 2.24) is 0 Å². The number of alkyl halides is 1. The first-order chi connectivity index (χ1) is 5.46. The van der Waals surface area contributed by atoms with Crippen LogP contribution in [0, 0.1) is 16.7 Å². The molecule has 0 aromatic carbocycles. The Kier molecular flexibility index (Phi) is 1.64. The van der Waals surface area contributed by atoms with Crippen molar-refractivity contribution in [2.24, 2.45) is 16.7 Å². The van der Waals surface area contributed by atoms with Gasteiger partial charge in [-0.25, -0.2) is 0 Å². The highest BCUT2D eigenvalue weighted by molar-refractivity contribution is 6.21. The van der Waals surface area contributed by atoms with Crippen molar-refractivity contribution >= 4 is 11.6 Å². The molecule has 68 valence electrons. The van der Waals surface area contributed by atoms with E-state index in [0.29, 0.717) is 16.2 Å². The maximum atomic E-state index is 6.40. The van der Waals surface area contributed by atoms with E-state index in [2.05, 4.69) is 32.9 Å². The van der Waals surface area contributed by atoms with Gasteiger partial charge in [0, 0.05) is 10.8 Å². The van der Waals surface area contributed by atoms with E-state index in [-0.39, 0.29) is 0 Å². The summed E-state index contributed by atoms with van der Waals surface area (Å²) in [5.74, 6) is 0.770. The van der Waals surface area contributed by atoms with Crippen LogP contribution in [0.4, 0.5) is 0 Å². The minimum absolute atomic E-state index is 0.291. The molecule has 0 unspecified atom stereocenters. The summed E-state index contributed by atoms with van der Waals surface area (Å²) < 4.78 is 0. The van der Waals surface area contributed by atoms with E-state index in [9.17, 15) is 0 Å². The largest absolute Gasteiger partial charge is 0.122 e. The van der Waals surface area contributed by atoms with Gasteiger partial charge in [0.1, 0.15) is 0 Å². The summed E-state index contributed by atoms with van der Waals surface area (Å²) in [6.45, 7) is 6.92. The quantitative estimate of drug-likeness (QED) is 0.399. The Labute approximate surface area is 80.0 Å². The monoisotopic (exact) mass is 184 g/mol. The molecule has 0 radical (unpaired) electrons. The van der Waals surface area contributed by atoms with Crippen molar-refractivity contribution in [2.75, 3.05) is 0 Å². The highest BCUT2D eigenvalue weighted by atomic mass is 35.5. The van der Waals surface area contributed by atoms with Crippen LogP contribution in [0.25, 0.3) is 0 Å². The first-order valence-electron chi connectivity index (χ1n) is 4.79. The smallest absolute Gasteiger partial charge is 0.0437 e.